The summed E-state index contributed by atoms with van der Waals surface area (Å²) in [5, 5.41) is 6.86. The molecule has 2 heterocycles. The van der Waals surface area contributed by atoms with Crippen LogP contribution in [0.2, 0.25) is 5.15 Å². The van der Waals surface area contributed by atoms with Crippen molar-refractivity contribution in [1.29, 1.82) is 0 Å². The number of halogens is 1. The summed E-state index contributed by atoms with van der Waals surface area (Å²) in [4.78, 5) is 7.83. The lowest BCUT2D eigenvalue weighted by Gasteiger charge is -2.11. The maximum atomic E-state index is 5.75. The van der Waals surface area contributed by atoms with Crippen LogP contribution in [0.25, 0.3) is 0 Å². The number of nitrogens with zero attached hydrogens (tertiary/aromatic N) is 2. The van der Waals surface area contributed by atoms with E-state index in [4.69, 9.17) is 17.3 Å². The summed E-state index contributed by atoms with van der Waals surface area (Å²) in [6.07, 6.45) is 1.08. The van der Waals surface area contributed by atoms with Crippen molar-refractivity contribution in [2.75, 3.05) is 24.1 Å². The molecule has 1 aliphatic rings. The zero-order chi connectivity index (χ0) is 9.97. The average molecular weight is 214 g/mol. The second-order valence-electron chi connectivity index (χ2n) is 3.27. The largest absolute Gasteiger partial charge is 0.368 e. The summed E-state index contributed by atoms with van der Waals surface area (Å²) >= 11 is 5.75. The van der Waals surface area contributed by atoms with Crippen LogP contribution in [-0.2, 0) is 0 Å². The molecule has 0 radical (unpaired) electrons. The van der Waals surface area contributed by atoms with Crippen molar-refractivity contribution in [3.8, 4) is 0 Å². The van der Waals surface area contributed by atoms with Gasteiger partial charge in [-0.3, -0.25) is 0 Å². The lowest BCUT2D eigenvalue weighted by atomic mass is 10.2. The van der Waals surface area contributed by atoms with E-state index in [0.29, 0.717) is 17.0 Å². The molecule has 1 aliphatic heterocycles. The molecule has 4 N–H and O–H groups in total. The molecule has 6 heteroatoms. The molecule has 1 aromatic heterocycles. The number of rotatable bonds is 2. The Kier molecular flexibility index (Phi) is 2.69. The SMILES string of the molecule is Nc1nc(Cl)cc(N[C@H]2CCNC2)n1. The van der Waals surface area contributed by atoms with Gasteiger partial charge in [-0.1, -0.05) is 11.6 Å². The Balaban J connectivity index is 2.07. The van der Waals surface area contributed by atoms with Gasteiger partial charge in [0.1, 0.15) is 11.0 Å². The van der Waals surface area contributed by atoms with E-state index < -0.39 is 0 Å². The first-order valence-electron chi connectivity index (χ1n) is 4.51. The van der Waals surface area contributed by atoms with Crippen LogP contribution in [0.1, 0.15) is 6.42 Å². The van der Waals surface area contributed by atoms with E-state index in [-0.39, 0.29) is 5.95 Å². The molecule has 1 fully saturated rings. The minimum atomic E-state index is 0.200. The molecule has 2 rings (SSSR count). The summed E-state index contributed by atoms with van der Waals surface area (Å²) in [5.74, 6) is 0.891. The number of hydrogen-bond donors (Lipinski definition) is 3. The monoisotopic (exact) mass is 213 g/mol. The molecule has 1 aromatic rings. The Labute approximate surface area is 87.1 Å². The molecule has 14 heavy (non-hydrogen) atoms. The fourth-order valence-electron chi connectivity index (χ4n) is 1.50. The van der Waals surface area contributed by atoms with Crippen LogP contribution in [0.5, 0.6) is 0 Å². The van der Waals surface area contributed by atoms with Gasteiger partial charge in [0.25, 0.3) is 0 Å². The molecule has 0 bridgehead atoms. The van der Waals surface area contributed by atoms with Crippen molar-refractivity contribution in [3.05, 3.63) is 11.2 Å². The van der Waals surface area contributed by atoms with Crippen LogP contribution < -0.4 is 16.4 Å². The number of aromatic nitrogens is 2. The van der Waals surface area contributed by atoms with E-state index in [2.05, 4.69) is 20.6 Å². The highest BCUT2D eigenvalue weighted by atomic mass is 35.5. The number of nitrogens with two attached hydrogens (primary N) is 1. The summed E-state index contributed by atoms with van der Waals surface area (Å²) in [7, 11) is 0. The first-order valence-corrected chi connectivity index (χ1v) is 4.89. The molecule has 0 aromatic carbocycles. The average Bonchev–Trinajstić information content (AvgIpc) is 2.54. The molecule has 0 spiro atoms. The summed E-state index contributed by atoms with van der Waals surface area (Å²) < 4.78 is 0. The van der Waals surface area contributed by atoms with Crippen LogP contribution in [0.3, 0.4) is 0 Å². The summed E-state index contributed by atoms with van der Waals surface area (Å²) in [6, 6.07) is 2.08. The smallest absolute Gasteiger partial charge is 0.223 e. The minimum Gasteiger partial charge on any atom is -0.368 e. The van der Waals surface area contributed by atoms with Gasteiger partial charge in [-0.15, -0.1) is 0 Å². The van der Waals surface area contributed by atoms with Crippen LogP contribution in [0.4, 0.5) is 11.8 Å². The second-order valence-corrected chi connectivity index (χ2v) is 3.66. The van der Waals surface area contributed by atoms with Crippen molar-refractivity contribution in [3.63, 3.8) is 0 Å². The van der Waals surface area contributed by atoms with E-state index >= 15 is 0 Å². The molecule has 0 aliphatic carbocycles. The fraction of sp³-hybridized carbons (Fsp3) is 0.500. The zero-order valence-corrected chi connectivity index (χ0v) is 8.38. The predicted octanol–water partition coefficient (Wildman–Crippen LogP) is 0.486. The number of hydrogen-bond acceptors (Lipinski definition) is 5. The second kappa shape index (κ2) is 3.98. The minimum absolute atomic E-state index is 0.200. The highest BCUT2D eigenvalue weighted by molar-refractivity contribution is 6.29. The molecular weight excluding hydrogens is 202 g/mol. The third kappa shape index (κ3) is 2.24. The van der Waals surface area contributed by atoms with E-state index in [0.717, 1.165) is 19.5 Å². The molecular formula is C8H12ClN5. The van der Waals surface area contributed by atoms with Gasteiger partial charge < -0.3 is 16.4 Å². The maximum Gasteiger partial charge on any atom is 0.223 e. The Morgan fingerprint density at radius 2 is 2.43 bits per heavy atom. The standard InChI is InChI=1S/C8H12ClN5/c9-6-3-7(14-8(10)13-6)12-5-1-2-11-4-5/h3,5,11H,1-2,4H2,(H3,10,12,13,14)/t5-/m0/s1. The van der Waals surface area contributed by atoms with Crippen LogP contribution in [0.15, 0.2) is 6.07 Å². The van der Waals surface area contributed by atoms with Crippen molar-refractivity contribution >= 4 is 23.4 Å². The third-order valence-electron chi connectivity index (χ3n) is 2.12. The first-order chi connectivity index (χ1) is 6.74. The van der Waals surface area contributed by atoms with Gasteiger partial charge in [-0.05, 0) is 13.0 Å². The lowest BCUT2D eigenvalue weighted by Crippen LogP contribution is -2.22. The third-order valence-corrected chi connectivity index (χ3v) is 2.32. The quantitative estimate of drug-likeness (QED) is 0.624. The topological polar surface area (TPSA) is 75.9 Å². The first kappa shape index (κ1) is 9.48. The number of anilines is 2. The highest BCUT2D eigenvalue weighted by Gasteiger charge is 2.14. The normalized spacial score (nSPS) is 21.1. The van der Waals surface area contributed by atoms with Crippen molar-refractivity contribution in [2.24, 2.45) is 0 Å². The Morgan fingerprint density at radius 1 is 1.57 bits per heavy atom. The molecule has 1 atom stereocenters. The molecule has 5 nitrogen and oxygen atoms in total. The Morgan fingerprint density at radius 3 is 3.07 bits per heavy atom. The van der Waals surface area contributed by atoms with Crippen molar-refractivity contribution in [2.45, 2.75) is 12.5 Å². The van der Waals surface area contributed by atoms with E-state index in [1.54, 1.807) is 6.07 Å². The van der Waals surface area contributed by atoms with Gasteiger partial charge in [0.15, 0.2) is 0 Å². The van der Waals surface area contributed by atoms with Crippen LogP contribution >= 0.6 is 11.6 Å². The fourth-order valence-corrected chi connectivity index (χ4v) is 1.69. The Bertz CT molecular complexity index is 303. The van der Waals surface area contributed by atoms with E-state index in [9.17, 15) is 0 Å². The molecule has 1 saturated heterocycles. The van der Waals surface area contributed by atoms with Gasteiger partial charge in [0.2, 0.25) is 5.95 Å². The maximum absolute atomic E-state index is 5.75. The van der Waals surface area contributed by atoms with Crippen LogP contribution in [0, 0.1) is 0 Å². The van der Waals surface area contributed by atoms with Gasteiger partial charge in [-0.25, -0.2) is 4.98 Å². The van der Waals surface area contributed by atoms with E-state index in [1.165, 1.54) is 0 Å². The highest BCUT2D eigenvalue weighted by Crippen LogP contribution is 2.14. The molecule has 0 amide bonds. The van der Waals surface area contributed by atoms with Crippen molar-refractivity contribution in [1.82, 2.24) is 15.3 Å². The van der Waals surface area contributed by atoms with Crippen molar-refractivity contribution < 1.29 is 0 Å². The van der Waals surface area contributed by atoms with E-state index in [1.807, 2.05) is 0 Å². The number of nitrogen functional groups attached to an aromatic ring is 1. The van der Waals surface area contributed by atoms with Crippen LogP contribution in [-0.4, -0.2) is 29.1 Å². The molecule has 0 unspecified atom stereocenters. The summed E-state index contributed by atoms with van der Waals surface area (Å²) in [6.45, 7) is 1.98. The van der Waals surface area contributed by atoms with Gasteiger partial charge in [-0.2, -0.15) is 4.98 Å². The van der Waals surface area contributed by atoms with Gasteiger partial charge >= 0.3 is 0 Å². The molecule has 76 valence electrons. The lowest BCUT2D eigenvalue weighted by molar-refractivity contribution is 0.787. The zero-order valence-electron chi connectivity index (χ0n) is 7.63. The summed E-state index contributed by atoms with van der Waals surface area (Å²) in [5.41, 5.74) is 5.47. The van der Waals surface area contributed by atoms with Gasteiger partial charge in [0.05, 0.1) is 0 Å². The Hall–Kier alpha value is -1.07. The number of nitrogens with one attached hydrogen (secondary N) is 2. The molecule has 0 saturated carbocycles. The van der Waals surface area contributed by atoms with Gasteiger partial charge in [0, 0.05) is 18.7 Å². The predicted molar refractivity (Wildman–Crippen MR) is 56.4 cm³/mol.